The van der Waals surface area contributed by atoms with Gasteiger partial charge < -0.3 is 19.8 Å². The number of hydrogen-bond donors (Lipinski definition) is 2. The maximum absolute atomic E-state index is 9.98. The number of morpholine rings is 1. The van der Waals surface area contributed by atoms with Crippen molar-refractivity contribution in [1.82, 2.24) is 4.90 Å². The van der Waals surface area contributed by atoms with E-state index in [1.807, 2.05) is 6.08 Å². The smallest absolute Gasteiger partial charge is 0.0758 e. The molecule has 1 atom stereocenters. The van der Waals surface area contributed by atoms with Gasteiger partial charge in [-0.3, -0.25) is 0 Å². The Morgan fingerprint density at radius 3 is 2.55 bits per heavy atom. The molecule has 0 unspecified atom stereocenters. The number of allylic oxidation sites excluding steroid dienone is 12. The number of aliphatic hydroxyl groups is 2. The molecular formula is C27H35NO3. The molecule has 0 radical (unpaired) electrons. The Kier molecular flexibility index (Phi) is 7.79. The lowest BCUT2D eigenvalue weighted by Crippen LogP contribution is -2.35. The second kappa shape index (κ2) is 10.9. The molecule has 0 bridgehead atoms. The standard InChI is InChI=1S/C27H35NO3/c29-18-4-7-26(21-5-2-1-3-6-21)27(23-10-14-25(30)15-11-23)22-8-12-24(13-9-22)28-16-19-31-20-17-28/h2,5-6,8,10-12,14,25,29-30H,1,3-4,7,9,13,15-20H2/b27-26+/t25-/m0/s1. The minimum absolute atomic E-state index is 0.196. The van der Waals surface area contributed by atoms with E-state index in [1.165, 1.54) is 33.6 Å². The van der Waals surface area contributed by atoms with Crippen LogP contribution in [0.1, 0.15) is 44.9 Å². The maximum atomic E-state index is 9.98. The second-order valence-corrected chi connectivity index (χ2v) is 8.59. The lowest BCUT2D eigenvalue weighted by molar-refractivity contribution is 0.0520. The van der Waals surface area contributed by atoms with Gasteiger partial charge in [-0.2, -0.15) is 0 Å². The summed E-state index contributed by atoms with van der Waals surface area (Å²) in [6.45, 7) is 3.77. The lowest BCUT2D eigenvalue weighted by Gasteiger charge is -2.33. The van der Waals surface area contributed by atoms with Crippen LogP contribution < -0.4 is 0 Å². The highest BCUT2D eigenvalue weighted by molar-refractivity contribution is 5.62. The maximum Gasteiger partial charge on any atom is 0.0758 e. The summed E-state index contributed by atoms with van der Waals surface area (Å²) in [5, 5.41) is 19.6. The molecular weight excluding hydrogens is 386 g/mol. The Bertz CT molecular complexity index is 863. The van der Waals surface area contributed by atoms with Crippen molar-refractivity contribution in [3.63, 3.8) is 0 Å². The van der Waals surface area contributed by atoms with Crippen LogP contribution in [0.25, 0.3) is 0 Å². The highest BCUT2D eigenvalue weighted by Crippen LogP contribution is 2.38. The second-order valence-electron chi connectivity index (χ2n) is 8.59. The van der Waals surface area contributed by atoms with Gasteiger partial charge in [0.05, 0.1) is 19.3 Å². The van der Waals surface area contributed by atoms with Crippen molar-refractivity contribution < 1.29 is 14.9 Å². The molecule has 166 valence electrons. The van der Waals surface area contributed by atoms with E-state index in [-0.39, 0.29) is 6.61 Å². The number of rotatable bonds is 7. The zero-order valence-electron chi connectivity index (χ0n) is 18.4. The summed E-state index contributed by atoms with van der Waals surface area (Å²) in [5.41, 5.74) is 7.88. The molecule has 4 heteroatoms. The largest absolute Gasteiger partial charge is 0.396 e. The van der Waals surface area contributed by atoms with Crippen LogP contribution in [0.15, 0.2) is 82.2 Å². The van der Waals surface area contributed by atoms with Crippen LogP contribution in [0.2, 0.25) is 0 Å². The Morgan fingerprint density at radius 2 is 1.90 bits per heavy atom. The van der Waals surface area contributed by atoms with Gasteiger partial charge in [0.25, 0.3) is 0 Å². The van der Waals surface area contributed by atoms with Gasteiger partial charge in [0, 0.05) is 25.4 Å². The van der Waals surface area contributed by atoms with Crippen molar-refractivity contribution >= 4 is 0 Å². The Hall–Kier alpha value is -2.14. The van der Waals surface area contributed by atoms with Crippen LogP contribution in [0.3, 0.4) is 0 Å². The zero-order chi connectivity index (χ0) is 21.5. The molecule has 0 amide bonds. The SMILES string of the molecule is OCCC/C(C1=CCCC=C1)=C(\C1=CC[C@@H](O)C=C1)C1=CC=C(N2CCOCC2)CC1. The van der Waals surface area contributed by atoms with Crippen molar-refractivity contribution in [2.45, 2.75) is 51.0 Å². The van der Waals surface area contributed by atoms with Crippen LogP contribution in [-0.4, -0.2) is 54.1 Å². The predicted molar refractivity (Wildman–Crippen MR) is 125 cm³/mol. The van der Waals surface area contributed by atoms with Crippen molar-refractivity contribution in [1.29, 1.82) is 0 Å². The number of ether oxygens (including phenoxy) is 1. The Labute approximate surface area is 186 Å². The van der Waals surface area contributed by atoms with E-state index in [9.17, 15) is 10.2 Å². The molecule has 1 fully saturated rings. The summed E-state index contributed by atoms with van der Waals surface area (Å²) < 4.78 is 5.51. The monoisotopic (exact) mass is 421 g/mol. The summed E-state index contributed by atoms with van der Waals surface area (Å²) >= 11 is 0. The van der Waals surface area contributed by atoms with E-state index in [4.69, 9.17) is 4.74 Å². The third-order valence-electron chi connectivity index (χ3n) is 6.46. The van der Waals surface area contributed by atoms with Crippen LogP contribution in [-0.2, 0) is 4.74 Å². The molecule has 1 heterocycles. The first kappa shape index (κ1) is 22.1. The zero-order valence-corrected chi connectivity index (χ0v) is 18.4. The Morgan fingerprint density at radius 1 is 1.03 bits per heavy atom. The molecule has 4 rings (SSSR count). The molecule has 0 aromatic carbocycles. The third kappa shape index (κ3) is 5.57. The molecule has 4 aliphatic rings. The van der Waals surface area contributed by atoms with E-state index in [1.54, 1.807) is 0 Å². The first-order valence-corrected chi connectivity index (χ1v) is 11.8. The third-order valence-corrected chi connectivity index (χ3v) is 6.46. The van der Waals surface area contributed by atoms with Crippen LogP contribution >= 0.6 is 0 Å². The fourth-order valence-electron chi connectivity index (χ4n) is 4.80. The summed E-state index contributed by atoms with van der Waals surface area (Å²) in [6, 6.07) is 0. The molecule has 31 heavy (non-hydrogen) atoms. The van der Waals surface area contributed by atoms with Gasteiger partial charge in [0.1, 0.15) is 0 Å². The first-order chi connectivity index (χ1) is 15.3. The van der Waals surface area contributed by atoms with Gasteiger partial charge in [-0.1, -0.05) is 42.5 Å². The van der Waals surface area contributed by atoms with Crippen LogP contribution in [0.4, 0.5) is 0 Å². The van der Waals surface area contributed by atoms with Crippen molar-refractivity contribution in [3.8, 4) is 0 Å². The number of aliphatic hydroxyl groups excluding tert-OH is 2. The molecule has 4 nitrogen and oxygen atoms in total. The van der Waals surface area contributed by atoms with Gasteiger partial charge in [-0.15, -0.1) is 0 Å². The normalized spacial score (nSPS) is 24.8. The average molecular weight is 422 g/mol. The minimum Gasteiger partial charge on any atom is -0.396 e. The lowest BCUT2D eigenvalue weighted by atomic mass is 9.81. The predicted octanol–water partition coefficient (Wildman–Crippen LogP) is 4.52. The Balaban J connectivity index is 1.73. The molecule has 0 spiro atoms. The molecule has 1 aliphatic heterocycles. The van der Waals surface area contributed by atoms with Crippen molar-refractivity contribution in [2.24, 2.45) is 0 Å². The topological polar surface area (TPSA) is 52.9 Å². The molecule has 0 aromatic heterocycles. The summed E-state index contributed by atoms with van der Waals surface area (Å²) in [4.78, 5) is 2.45. The van der Waals surface area contributed by atoms with E-state index >= 15 is 0 Å². The van der Waals surface area contributed by atoms with E-state index < -0.39 is 6.10 Å². The van der Waals surface area contributed by atoms with Gasteiger partial charge in [-0.25, -0.2) is 0 Å². The van der Waals surface area contributed by atoms with Gasteiger partial charge in [0.2, 0.25) is 0 Å². The van der Waals surface area contributed by atoms with E-state index in [0.717, 1.165) is 64.8 Å². The molecule has 2 N–H and O–H groups in total. The average Bonchev–Trinajstić information content (AvgIpc) is 2.84. The van der Waals surface area contributed by atoms with E-state index in [2.05, 4.69) is 47.4 Å². The number of hydrogen-bond acceptors (Lipinski definition) is 4. The van der Waals surface area contributed by atoms with Gasteiger partial charge in [0.15, 0.2) is 0 Å². The first-order valence-electron chi connectivity index (χ1n) is 11.8. The molecule has 3 aliphatic carbocycles. The highest BCUT2D eigenvalue weighted by Gasteiger charge is 2.23. The quantitative estimate of drug-likeness (QED) is 0.635. The van der Waals surface area contributed by atoms with E-state index in [0.29, 0.717) is 6.42 Å². The number of nitrogens with zero attached hydrogens (tertiary/aromatic N) is 1. The summed E-state index contributed by atoms with van der Waals surface area (Å²) in [7, 11) is 0. The summed E-state index contributed by atoms with van der Waals surface area (Å²) in [5.74, 6) is 0. The van der Waals surface area contributed by atoms with Crippen LogP contribution in [0.5, 0.6) is 0 Å². The molecule has 0 saturated carbocycles. The molecule has 1 saturated heterocycles. The van der Waals surface area contributed by atoms with Gasteiger partial charge >= 0.3 is 0 Å². The van der Waals surface area contributed by atoms with Crippen molar-refractivity contribution in [2.75, 3.05) is 32.9 Å². The molecule has 0 aromatic rings. The highest BCUT2D eigenvalue weighted by atomic mass is 16.5. The van der Waals surface area contributed by atoms with Gasteiger partial charge in [-0.05, 0) is 78.9 Å². The minimum atomic E-state index is -0.396. The fraction of sp³-hybridized carbons (Fsp3) is 0.481. The summed E-state index contributed by atoms with van der Waals surface area (Å²) in [6.07, 6.45) is 23.7. The fourth-order valence-corrected chi connectivity index (χ4v) is 4.80. The van der Waals surface area contributed by atoms with Crippen molar-refractivity contribution in [3.05, 3.63) is 82.2 Å². The van der Waals surface area contributed by atoms with Crippen LogP contribution in [0, 0.1) is 0 Å².